The minimum absolute atomic E-state index is 0.104. The molecule has 2 rings (SSSR count). The lowest BCUT2D eigenvalue weighted by Crippen LogP contribution is -2.51. The van der Waals surface area contributed by atoms with E-state index in [4.69, 9.17) is 0 Å². The van der Waals surface area contributed by atoms with Crippen molar-refractivity contribution in [3.05, 3.63) is 0 Å². The first-order chi connectivity index (χ1) is 7.62. The van der Waals surface area contributed by atoms with Gasteiger partial charge in [-0.2, -0.15) is 11.8 Å². The molecule has 0 aromatic carbocycles. The van der Waals surface area contributed by atoms with Crippen LogP contribution in [0.1, 0.15) is 26.7 Å². The Hall–Kier alpha value is -0.220. The first kappa shape index (κ1) is 12.2. The molecule has 0 aromatic rings. The van der Waals surface area contributed by atoms with Crippen LogP contribution in [0.2, 0.25) is 0 Å². The van der Waals surface area contributed by atoms with Crippen molar-refractivity contribution in [3.63, 3.8) is 0 Å². The van der Waals surface area contributed by atoms with Crippen LogP contribution in [0.3, 0.4) is 0 Å². The molecule has 2 aliphatic heterocycles. The fraction of sp³-hybridized carbons (Fsp3) is 0.917. The van der Waals surface area contributed by atoms with Crippen LogP contribution in [0.4, 0.5) is 0 Å². The summed E-state index contributed by atoms with van der Waals surface area (Å²) in [7, 11) is 0. The maximum absolute atomic E-state index is 12.5. The van der Waals surface area contributed by atoms with Gasteiger partial charge in [0, 0.05) is 29.5 Å². The van der Waals surface area contributed by atoms with E-state index in [0.29, 0.717) is 11.2 Å². The average molecular weight is 242 g/mol. The van der Waals surface area contributed by atoms with E-state index in [1.165, 1.54) is 0 Å². The predicted molar refractivity (Wildman–Crippen MR) is 68.7 cm³/mol. The molecule has 1 N–H and O–H groups in total. The molecule has 92 valence electrons. The zero-order valence-corrected chi connectivity index (χ0v) is 11.1. The van der Waals surface area contributed by atoms with Crippen molar-refractivity contribution in [2.75, 3.05) is 31.9 Å². The number of hydrogen-bond acceptors (Lipinski definition) is 3. The second-order valence-electron chi connectivity index (χ2n) is 5.24. The fourth-order valence-electron chi connectivity index (χ4n) is 2.58. The summed E-state index contributed by atoms with van der Waals surface area (Å²) >= 11 is 1.98. The number of nitrogens with zero attached hydrogens (tertiary/aromatic N) is 1. The monoisotopic (exact) mass is 242 g/mol. The maximum atomic E-state index is 12.5. The highest BCUT2D eigenvalue weighted by Gasteiger charge is 2.38. The molecule has 0 aliphatic carbocycles. The molecule has 2 aliphatic rings. The molecule has 1 atom stereocenters. The van der Waals surface area contributed by atoms with Gasteiger partial charge in [-0.1, -0.05) is 13.8 Å². The van der Waals surface area contributed by atoms with Gasteiger partial charge in [-0.15, -0.1) is 0 Å². The summed E-state index contributed by atoms with van der Waals surface area (Å²) in [5.41, 5.74) is -0.104. The van der Waals surface area contributed by atoms with E-state index in [9.17, 15) is 4.79 Å². The second kappa shape index (κ2) is 4.96. The van der Waals surface area contributed by atoms with Crippen molar-refractivity contribution in [1.29, 1.82) is 0 Å². The molecule has 4 heteroatoms. The number of rotatable bonds is 1. The van der Waals surface area contributed by atoms with Crippen molar-refractivity contribution >= 4 is 17.7 Å². The maximum Gasteiger partial charge on any atom is 0.228 e. The van der Waals surface area contributed by atoms with E-state index in [-0.39, 0.29) is 5.41 Å². The topological polar surface area (TPSA) is 32.3 Å². The molecule has 0 radical (unpaired) electrons. The molecule has 2 fully saturated rings. The number of carbonyl (C=O) groups excluding carboxylic acids is 1. The van der Waals surface area contributed by atoms with E-state index in [1.807, 2.05) is 11.8 Å². The zero-order valence-electron chi connectivity index (χ0n) is 10.3. The van der Waals surface area contributed by atoms with Gasteiger partial charge in [0.05, 0.1) is 0 Å². The third kappa shape index (κ3) is 2.54. The summed E-state index contributed by atoms with van der Waals surface area (Å²) in [5, 5.41) is 3.93. The van der Waals surface area contributed by atoms with Crippen LogP contribution < -0.4 is 5.32 Å². The number of carbonyl (C=O) groups is 1. The molecule has 0 spiro atoms. The Labute approximate surface area is 102 Å². The summed E-state index contributed by atoms with van der Waals surface area (Å²) in [5.74, 6) is 1.49. The van der Waals surface area contributed by atoms with Crippen LogP contribution in [0.5, 0.6) is 0 Å². The molecular formula is C12H22N2OS. The molecule has 2 saturated heterocycles. The van der Waals surface area contributed by atoms with E-state index in [0.717, 1.165) is 44.8 Å². The van der Waals surface area contributed by atoms with Crippen LogP contribution >= 0.6 is 11.8 Å². The van der Waals surface area contributed by atoms with E-state index < -0.39 is 0 Å². The molecule has 1 amide bonds. The van der Waals surface area contributed by atoms with Gasteiger partial charge in [0.2, 0.25) is 5.91 Å². The number of amides is 1. The summed E-state index contributed by atoms with van der Waals surface area (Å²) in [6.45, 7) is 8.21. The van der Waals surface area contributed by atoms with E-state index in [2.05, 4.69) is 24.1 Å². The largest absolute Gasteiger partial charge is 0.340 e. The van der Waals surface area contributed by atoms with Gasteiger partial charge in [0.1, 0.15) is 0 Å². The standard InChI is InChI=1S/C12H22N2OS/c1-10-9-14(7-8-16-10)11(15)12(2)3-5-13-6-4-12/h10,13H,3-9H2,1-2H3. The fourth-order valence-corrected chi connectivity index (χ4v) is 3.59. The van der Waals surface area contributed by atoms with Gasteiger partial charge in [-0.05, 0) is 25.9 Å². The first-order valence-electron chi connectivity index (χ1n) is 6.23. The predicted octanol–water partition coefficient (Wildman–Crippen LogP) is 1.34. The Morgan fingerprint density at radius 2 is 2.12 bits per heavy atom. The highest BCUT2D eigenvalue weighted by atomic mass is 32.2. The van der Waals surface area contributed by atoms with Crippen molar-refractivity contribution in [1.82, 2.24) is 10.2 Å². The zero-order chi connectivity index (χ0) is 11.6. The summed E-state index contributed by atoms with van der Waals surface area (Å²) in [4.78, 5) is 14.6. The van der Waals surface area contributed by atoms with Gasteiger partial charge < -0.3 is 10.2 Å². The van der Waals surface area contributed by atoms with Crippen molar-refractivity contribution in [3.8, 4) is 0 Å². The molecule has 1 unspecified atom stereocenters. The van der Waals surface area contributed by atoms with Crippen LogP contribution in [0.15, 0.2) is 0 Å². The van der Waals surface area contributed by atoms with Gasteiger partial charge >= 0.3 is 0 Å². The van der Waals surface area contributed by atoms with Gasteiger partial charge in [-0.3, -0.25) is 4.79 Å². The second-order valence-corrected chi connectivity index (χ2v) is 6.79. The van der Waals surface area contributed by atoms with Crippen molar-refractivity contribution < 1.29 is 4.79 Å². The van der Waals surface area contributed by atoms with Crippen LogP contribution in [-0.2, 0) is 4.79 Å². The Morgan fingerprint density at radius 3 is 2.75 bits per heavy atom. The van der Waals surface area contributed by atoms with Gasteiger partial charge in [0.25, 0.3) is 0 Å². The molecule has 0 saturated carbocycles. The molecule has 16 heavy (non-hydrogen) atoms. The van der Waals surface area contributed by atoms with Gasteiger partial charge in [-0.25, -0.2) is 0 Å². The third-order valence-electron chi connectivity index (χ3n) is 3.75. The van der Waals surface area contributed by atoms with Crippen LogP contribution in [0.25, 0.3) is 0 Å². The van der Waals surface area contributed by atoms with Gasteiger partial charge in [0.15, 0.2) is 0 Å². The smallest absolute Gasteiger partial charge is 0.228 e. The third-order valence-corrected chi connectivity index (χ3v) is 4.89. The molecule has 0 aromatic heterocycles. The number of thioether (sulfide) groups is 1. The Morgan fingerprint density at radius 1 is 1.44 bits per heavy atom. The normalized spacial score (nSPS) is 30.1. The Bertz CT molecular complexity index is 264. The first-order valence-corrected chi connectivity index (χ1v) is 7.28. The highest BCUT2D eigenvalue weighted by Crippen LogP contribution is 2.32. The number of hydrogen-bond donors (Lipinski definition) is 1. The van der Waals surface area contributed by atoms with E-state index in [1.54, 1.807) is 0 Å². The van der Waals surface area contributed by atoms with Crippen molar-refractivity contribution in [2.24, 2.45) is 5.41 Å². The minimum atomic E-state index is -0.104. The molecular weight excluding hydrogens is 220 g/mol. The average Bonchev–Trinajstić information content (AvgIpc) is 2.29. The van der Waals surface area contributed by atoms with Crippen LogP contribution in [-0.4, -0.2) is 48.0 Å². The lowest BCUT2D eigenvalue weighted by molar-refractivity contribution is -0.142. The lowest BCUT2D eigenvalue weighted by Gasteiger charge is -2.40. The lowest BCUT2D eigenvalue weighted by atomic mass is 9.79. The highest BCUT2D eigenvalue weighted by molar-refractivity contribution is 7.99. The summed E-state index contributed by atoms with van der Waals surface area (Å²) < 4.78 is 0. The minimum Gasteiger partial charge on any atom is -0.340 e. The van der Waals surface area contributed by atoms with Crippen molar-refractivity contribution in [2.45, 2.75) is 31.9 Å². The summed E-state index contributed by atoms with van der Waals surface area (Å²) in [6, 6.07) is 0. The molecule has 2 heterocycles. The SMILES string of the molecule is CC1CN(C(=O)C2(C)CCNCC2)CCS1. The summed E-state index contributed by atoms with van der Waals surface area (Å²) in [6.07, 6.45) is 1.98. The number of nitrogens with one attached hydrogen (secondary N) is 1. The molecule has 3 nitrogen and oxygen atoms in total. The quantitative estimate of drug-likeness (QED) is 0.753. The molecule has 0 bridgehead atoms. The Balaban J connectivity index is 1.99. The number of piperidine rings is 1. The van der Waals surface area contributed by atoms with E-state index >= 15 is 0 Å². The van der Waals surface area contributed by atoms with Crippen LogP contribution in [0, 0.1) is 5.41 Å². The Kier molecular flexibility index (Phi) is 3.80.